The summed E-state index contributed by atoms with van der Waals surface area (Å²) in [5, 5.41) is 13.5. The molecule has 0 spiro atoms. The van der Waals surface area contributed by atoms with Crippen LogP contribution in [0.1, 0.15) is 89.5 Å². The minimum Gasteiger partial charge on any atom is -0.421 e. The third-order valence-corrected chi connectivity index (χ3v) is 11.4. The number of aryl methyl sites for hydroxylation is 3. The van der Waals surface area contributed by atoms with E-state index in [1.165, 1.54) is 5.56 Å². The van der Waals surface area contributed by atoms with E-state index in [2.05, 4.69) is 38.7 Å². The summed E-state index contributed by atoms with van der Waals surface area (Å²) in [4.78, 5) is 31.9. The maximum absolute atomic E-state index is 14.2. The van der Waals surface area contributed by atoms with E-state index in [1.54, 1.807) is 18.3 Å². The molecular formula is C35H35N7O3S. The second-order valence-electron chi connectivity index (χ2n) is 12.9. The summed E-state index contributed by atoms with van der Waals surface area (Å²) in [6, 6.07) is 8.58. The predicted molar refractivity (Wildman–Crippen MR) is 175 cm³/mol. The first-order valence-corrected chi connectivity index (χ1v) is 17.3. The number of fused-ring (bicyclic) bond motifs is 5. The smallest absolute Gasteiger partial charge is 0.257 e. The summed E-state index contributed by atoms with van der Waals surface area (Å²) in [6.07, 6.45) is 11.5. The lowest BCUT2D eigenvalue weighted by Gasteiger charge is -2.22. The monoisotopic (exact) mass is 633 g/mol. The molecule has 2 fully saturated rings. The van der Waals surface area contributed by atoms with Gasteiger partial charge in [0.1, 0.15) is 5.82 Å². The molecule has 0 aromatic carbocycles. The van der Waals surface area contributed by atoms with Gasteiger partial charge in [0.25, 0.3) is 5.91 Å². The van der Waals surface area contributed by atoms with E-state index in [0.717, 1.165) is 120 Å². The van der Waals surface area contributed by atoms with Gasteiger partial charge in [-0.25, -0.2) is 4.98 Å². The lowest BCUT2D eigenvalue weighted by molar-refractivity contribution is 0.0639. The van der Waals surface area contributed by atoms with Gasteiger partial charge in [-0.15, -0.1) is 21.5 Å². The number of carbonyl (C=O) groups excluding carboxylic acids is 1. The number of rotatable bonds is 7. The predicted octanol–water partition coefficient (Wildman–Crippen LogP) is 6.86. The Morgan fingerprint density at radius 1 is 1.04 bits per heavy atom. The lowest BCUT2D eigenvalue weighted by Crippen LogP contribution is -2.22. The van der Waals surface area contributed by atoms with E-state index in [1.807, 2.05) is 23.4 Å². The molecule has 0 bridgehead atoms. The van der Waals surface area contributed by atoms with Crippen molar-refractivity contribution in [1.29, 1.82) is 0 Å². The van der Waals surface area contributed by atoms with Crippen LogP contribution in [0.3, 0.4) is 0 Å². The number of nitrogens with zero attached hydrogens (tertiary/aromatic N) is 6. The molecule has 0 unspecified atom stereocenters. The van der Waals surface area contributed by atoms with Gasteiger partial charge >= 0.3 is 0 Å². The number of anilines is 1. The Morgan fingerprint density at radius 2 is 1.96 bits per heavy atom. The second kappa shape index (κ2) is 11.2. The Balaban J connectivity index is 1.20. The van der Waals surface area contributed by atoms with Crippen LogP contribution in [0.5, 0.6) is 0 Å². The Hall–Kier alpha value is -4.22. The molecule has 8 heterocycles. The summed E-state index contributed by atoms with van der Waals surface area (Å²) in [5.74, 6) is 2.39. The maximum atomic E-state index is 14.2. The van der Waals surface area contributed by atoms with Crippen molar-refractivity contribution in [3.63, 3.8) is 0 Å². The SMILES string of the molecule is Cc1nnc(-c2c(CCC3CCOCC3)nc3c(c2-c2cc4ccnc(N[C@H]5CCc6ncccc65)c4s2)C(=O)N2CCC[C@@H]32)o1. The third kappa shape index (κ3) is 4.62. The number of pyridine rings is 3. The molecule has 5 aromatic rings. The highest BCUT2D eigenvalue weighted by atomic mass is 32.1. The van der Waals surface area contributed by atoms with Gasteiger partial charge in [-0.3, -0.25) is 14.8 Å². The van der Waals surface area contributed by atoms with Gasteiger partial charge in [-0.05, 0) is 86.4 Å². The quantitative estimate of drug-likeness (QED) is 0.205. The molecule has 0 saturated carbocycles. The van der Waals surface area contributed by atoms with Crippen LogP contribution in [-0.4, -0.2) is 55.7 Å². The van der Waals surface area contributed by atoms with Crippen molar-refractivity contribution < 1.29 is 13.9 Å². The van der Waals surface area contributed by atoms with Crippen LogP contribution in [0.2, 0.25) is 0 Å². The Morgan fingerprint density at radius 3 is 2.83 bits per heavy atom. The average Bonchev–Trinajstić information content (AvgIpc) is 3.92. The van der Waals surface area contributed by atoms with Gasteiger partial charge in [0.15, 0.2) is 0 Å². The molecule has 9 rings (SSSR count). The molecule has 1 amide bonds. The first kappa shape index (κ1) is 28.0. The fourth-order valence-electron chi connectivity index (χ4n) is 7.90. The van der Waals surface area contributed by atoms with E-state index in [0.29, 0.717) is 23.3 Å². The van der Waals surface area contributed by atoms with E-state index < -0.39 is 0 Å². The van der Waals surface area contributed by atoms with Crippen LogP contribution in [-0.2, 0) is 17.6 Å². The van der Waals surface area contributed by atoms with Crippen molar-refractivity contribution in [3.8, 4) is 21.9 Å². The van der Waals surface area contributed by atoms with Crippen molar-refractivity contribution in [2.75, 3.05) is 25.1 Å². The molecule has 2 saturated heterocycles. The highest BCUT2D eigenvalue weighted by Gasteiger charge is 2.45. The summed E-state index contributed by atoms with van der Waals surface area (Å²) in [7, 11) is 0. The molecule has 5 aromatic heterocycles. The molecule has 2 atom stereocenters. The van der Waals surface area contributed by atoms with Gasteiger partial charge in [0.2, 0.25) is 11.8 Å². The number of ether oxygens (including phenoxy) is 1. The van der Waals surface area contributed by atoms with Crippen molar-refractivity contribution in [2.24, 2.45) is 5.92 Å². The first-order chi connectivity index (χ1) is 22.6. The minimum absolute atomic E-state index is 0.0193. The summed E-state index contributed by atoms with van der Waals surface area (Å²) >= 11 is 1.66. The first-order valence-electron chi connectivity index (χ1n) is 16.5. The van der Waals surface area contributed by atoms with Gasteiger partial charge in [0.05, 0.1) is 39.3 Å². The standard InChI is InChI=1S/C35H35N7O3S/c1-19-40-41-34(45-19)28-25(7-6-20-11-16-44-17-12-20)38-31-26-5-3-15-42(26)35(43)30(31)29(28)27-18-21-10-14-37-33(32(21)46-27)39-24-9-8-23-22(24)4-2-13-36-23/h2,4,10,13-14,18,20,24,26H,3,5-9,11-12,15-17H2,1H3,(H,37,39)/t24-,26-/m0/s1. The number of nitrogens with one attached hydrogen (secondary N) is 1. The van der Waals surface area contributed by atoms with Gasteiger partial charge < -0.3 is 19.4 Å². The van der Waals surface area contributed by atoms with Crippen molar-refractivity contribution >= 4 is 33.1 Å². The molecular weight excluding hydrogens is 598 g/mol. The third-order valence-electron chi connectivity index (χ3n) is 10.2. The molecule has 0 radical (unpaired) electrons. The lowest BCUT2D eigenvalue weighted by atomic mass is 9.90. The molecule has 1 N–H and O–H groups in total. The Bertz CT molecular complexity index is 1980. The zero-order valence-corrected chi connectivity index (χ0v) is 26.6. The molecule has 11 heteroatoms. The van der Waals surface area contributed by atoms with Gasteiger partial charge in [-0.2, -0.15) is 0 Å². The van der Waals surface area contributed by atoms with Gasteiger partial charge in [0, 0.05) is 55.2 Å². The number of carbonyl (C=O) groups is 1. The second-order valence-corrected chi connectivity index (χ2v) is 14.0. The highest BCUT2D eigenvalue weighted by molar-refractivity contribution is 7.23. The maximum Gasteiger partial charge on any atom is 0.257 e. The normalized spacial score (nSPS) is 20.8. The summed E-state index contributed by atoms with van der Waals surface area (Å²) in [6.45, 7) is 4.18. The molecule has 46 heavy (non-hydrogen) atoms. The molecule has 4 aliphatic rings. The Kier molecular flexibility index (Phi) is 6.85. The van der Waals surface area contributed by atoms with E-state index >= 15 is 0 Å². The molecule has 10 nitrogen and oxygen atoms in total. The van der Waals surface area contributed by atoms with Crippen molar-refractivity contribution in [1.82, 2.24) is 30.0 Å². The van der Waals surface area contributed by atoms with E-state index in [9.17, 15) is 4.79 Å². The fourth-order valence-corrected chi connectivity index (χ4v) is 9.06. The largest absolute Gasteiger partial charge is 0.421 e. The number of hydrogen-bond acceptors (Lipinski definition) is 10. The van der Waals surface area contributed by atoms with Crippen LogP contribution in [0, 0.1) is 12.8 Å². The highest BCUT2D eigenvalue weighted by Crippen LogP contribution is 2.50. The van der Waals surface area contributed by atoms with Crippen LogP contribution in [0.25, 0.3) is 32.0 Å². The molecule has 234 valence electrons. The number of aromatic nitrogens is 5. The van der Waals surface area contributed by atoms with Gasteiger partial charge in [-0.1, -0.05) is 6.07 Å². The minimum atomic E-state index is 0.0193. The van der Waals surface area contributed by atoms with Crippen LogP contribution >= 0.6 is 11.3 Å². The molecule has 1 aliphatic carbocycles. The van der Waals surface area contributed by atoms with Crippen LogP contribution in [0.4, 0.5) is 5.82 Å². The summed E-state index contributed by atoms with van der Waals surface area (Å²) in [5.41, 5.74) is 6.59. The zero-order chi connectivity index (χ0) is 30.8. The average molecular weight is 634 g/mol. The Labute approximate surface area is 270 Å². The van der Waals surface area contributed by atoms with Crippen molar-refractivity contribution in [3.05, 3.63) is 70.8 Å². The topological polar surface area (TPSA) is 119 Å². The molecule has 3 aliphatic heterocycles. The zero-order valence-electron chi connectivity index (χ0n) is 25.8. The number of thiophene rings is 1. The van der Waals surface area contributed by atoms with E-state index in [-0.39, 0.29) is 18.0 Å². The van der Waals surface area contributed by atoms with Crippen LogP contribution < -0.4 is 5.32 Å². The van der Waals surface area contributed by atoms with E-state index in [4.69, 9.17) is 19.1 Å². The number of amides is 1. The number of hydrogen-bond donors (Lipinski definition) is 1. The van der Waals surface area contributed by atoms with Crippen LogP contribution in [0.15, 0.2) is 41.1 Å². The summed E-state index contributed by atoms with van der Waals surface area (Å²) < 4.78 is 12.8. The van der Waals surface area contributed by atoms with Crippen molar-refractivity contribution in [2.45, 2.75) is 70.4 Å². The fraction of sp³-hybridized carbons (Fsp3) is 0.429.